The van der Waals surface area contributed by atoms with Gasteiger partial charge in [-0.1, -0.05) is 17.7 Å². The molecular formula is C20H20ClN3O2S. The van der Waals surface area contributed by atoms with Crippen molar-refractivity contribution in [3.63, 3.8) is 0 Å². The third-order valence-corrected chi connectivity index (χ3v) is 6.30. The number of benzene rings is 1. The average Bonchev–Trinajstić information content (AvgIpc) is 3.03. The molecule has 1 N–H and O–H groups in total. The number of hydrogen-bond acceptors (Lipinski definition) is 6. The van der Waals surface area contributed by atoms with E-state index in [1.165, 1.54) is 16.9 Å². The first kappa shape index (κ1) is 18.2. The fraction of sp³-hybridized carbons (Fsp3) is 0.350. The summed E-state index contributed by atoms with van der Waals surface area (Å²) in [7, 11) is 0. The molecule has 2 heterocycles. The van der Waals surface area contributed by atoms with Gasteiger partial charge in [0.25, 0.3) is 0 Å². The van der Waals surface area contributed by atoms with E-state index in [-0.39, 0.29) is 12.4 Å². The summed E-state index contributed by atoms with van der Waals surface area (Å²) in [5.74, 6) is 0.224. The quantitative estimate of drug-likeness (QED) is 0.588. The molecule has 0 unspecified atom stereocenters. The zero-order chi connectivity index (χ0) is 19.0. The molecule has 27 heavy (non-hydrogen) atoms. The highest BCUT2D eigenvalue weighted by atomic mass is 35.5. The van der Waals surface area contributed by atoms with E-state index in [0.29, 0.717) is 10.8 Å². The summed E-state index contributed by atoms with van der Waals surface area (Å²) < 4.78 is 5.11. The molecule has 0 radical (unpaired) electrons. The summed E-state index contributed by atoms with van der Waals surface area (Å²) in [6.07, 6.45) is 4.42. The molecule has 3 aromatic rings. The largest absolute Gasteiger partial charge is 0.460 e. The Morgan fingerprint density at radius 3 is 2.89 bits per heavy atom. The summed E-state index contributed by atoms with van der Waals surface area (Å²) >= 11 is 7.93. The van der Waals surface area contributed by atoms with Crippen molar-refractivity contribution in [1.29, 1.82) is 0 Å². The SMILES string of the molecule is CCOC(=O)c1nc(Nc2ccc(C)c(Cl)c2)c2c3c(sc2n1)CCCC3. The van der Waals surface area contributed by atoms with Crippen LogP contribution in [0.25, 0.3) is 10.2 Å². The van der Waals surface area contributed by atoms with Gasteiger partial charge in [0.05, 0.1) is 12.0 Å². The highest BCUT2D eigenvalue weighted by Crippen LogP contribution is 2.39. The summed E-state index contributed by atoms with van der Waals surface area (Å²) in [6.45, 7) is 4.02. The molecule has 0 fully saturated rings. The number of esters is 1. The van der Waals surface area contributed by atoms with Crippen molar-refractivity contribution in [2.75, 3.05) is 11.9 Å². The highest BCUT2D eigenvalue weighted by molar-refractivity contribution is 7.19. The first-order valence-corrected chi connectivity index (χ1v) is 10.3. The number of nitrogens with zero attached hydrogens (tertiary/aromatic N) is 2. The van der Waals surface area contributed by atoms with Crippen molar-refractivity contribution in [2.45, 2.75) is 39.5 Å². The lowest BCUT2D eigenvalue weighted by molar-refractivity contribution is 0.0512. The van der Waals surface area contributed by atoms with Crippen LogP contribution >= 0.6 is 22.9 Å². The topological polar surface area (TPSA) is 64.1 Å². The van der Waals surface area contributed by atoms with Gasteiger partial charge in [0.15, 0.2) is 0 Å². The summed E-state index contributed by atoms with van der Waals surface area (Å²) in [5, 5.41) is 5.05. The highest BCUT2D eigenvalue weighted by Gasteiger charge is 2.23. The average molecular weight is 402 g/mol. The van der Waals surface area contributed by atoms with Crippen molar-refractivity contribution in [3.05, 3.63) is 45.1 Å². The molecule has 4 rings (SSSR count). The lowest BCUT2D eigenvalue weighted by Gasteiger charge is -2.13. The molecule has 0 aliphatic heterocycles. The van der Waals surface area contributed by atoms with Crippen molar-refractivity contribution in [1.82, 2.24) is 9.97 Å². The van der Waals surface area contributed by atoms with Crippen LogP contribution in [0.1, 0.15) is 46.4 Å². The molecule has 0 amide bonds. The normalized spacial score (nSPS) is 13.4. The van der Waals surface area contributed by atoms with Crippen molar-refractivity contribution in [2.24, 2.45) is 0 Å². The lowest BCUT2D eigenvalue weighted by Crippen LogP contribution is -2.11. The maximum Gasteiger partial charge on any atom is 0.376 e. The Morgan fingerprint density at radius 1 is 1.30 bits per heavy atom. The number of nitrogens with one attached hydrogen (secondary N) is 1. The Morgan fingerprint density at radius 2 is 2.11 bits per heavy atom. The molecule has 5 nitrogen and oxygen atoms in total. The molecule has 140 valence electrons. The second kappa shape index (κ2) is 7.44. The molecule has 7 heteroatoms. The van der Waals surface area contributed by atoms with Crippen LogP contribution < -0.4 is 5.32 Å². The van der Waals surface area contributed by atoms with Crippen LogP contribution in [0.3, 0.4) is 0 Å². The third-order valence-electron chi connectivity index (χ3n) is 4.71. The van der Waals surface area contributed by atoms with Crippen LogP contribution in [0.5, 0.6) is 0 Å². The maximum atomic E-state index is 12.2. The van der Waals surface area contributed by atoms with E-state index >= 15 is 0 Å². The van der Waals surface area contributed by atoms with Gasteiger partial charge in [0.2, 0.25) is 5.82 Å². The zero-order valence-electron chi connectivity index (χ0n) is 15.3. The number of thiophene rings is 1. The molecular weight excluding hydrogens is 382 g/mol. The Kier molecular flexibility index (Phi) is 5.02. The minimum Gasteiger partial charge on any atom is -0.460 e. The van der Waals surface area contributed by atoms with Crippen molar-refractivity contribution >= 4 is 50.6 Å². The van der Waals surface area contributed by atoms with Crippen LogP contribution in [0.2, 0.25) is 5.02 Å². The number of aryl methyl sites for hydroxylation is 3. The molecule has 0 saturated carbocycles. The molecule has 2 aromatic heterocycles. The molecule has 1 aliphatic carbocycles. The Balaban J connectivity index is 1.85. The molecule has 1 aliphatic rings. The predicted octanol–water partition coefficient (Wildman–Crippen LogP) is 5.45. The number of halogens is 1. The number of carbonyl (C=O) groups is 1. The summed E-state index contributed by atoms with van der Waals surface area (Å²) in [6, 6.07) is 5.78. The minimum atomic E-state index is -0.504. The lowest BCUT2D eigenvalue weighted by atomic mass is 9.97. The predicted molar refractivity (Wildman–Crippen MR) is 109 cm³/mol. The monoisotopic (exact) mass is 401 g/mol. The number of aromatic nitrogens is 2. The van der Waals surface area contributed by atoms with Gasteiger partial charge in [-0.3, -0.25) is 0 Å². The van der Waals surface area contributed by atoms with E-state index in [1.54, 1.807) is 18.3 Å². The van der Waals surface area contributed by atoms with Gasteiger partial charge in [-0.15, -0.1) is 11.3 Å². The molecule has 1 aromatic carbocycles. The van der Waals surface area contributed by atoms with Crippen LogP contribution in [0.4, 0.5) is 11.5 Å². The molecule has 0 spiro atoms. The fourth-order valence-corrected chi connectivity index (χ4v) is 4.78. The van der Waals surface area contributed by atoms with Gasteiger partial charge < -0.3 is 10.1 Å². The number of hydrogen-bond donors (Lipinski definition) is 1. The number of anilines is 2. The molecule has 0 saturated heterocycles. The second-order valence-electron chi connectivity index (χ2n) is 6.60. The number of ether oxygens (including phenoxy) is 1. The van der Waals surface area contributed by atoms with Gasteiger partial charge >= 0.3 is 5.97 Å². The van der Waals surface area contributed by atoms with Gasteiger partial charge in [-0.05, 0) is 62.8 Å². The Hall–Kier alpha value is -2.18. The summed E-state index contributed by atoms with van der Waals surface area (Å²) in [5.41, 5.74) is 3.14. The number of fused-ring (bicyclic) bond motifs is 3. The first-order valence-electron chi connectivity index (χ1n) is 9.09. The molecule has 0 bridgehead atoms. The van der Waals surface area contributed by atoms with Gasteiger partial charge in [0, 0.05) is 15.6 Å². The van der Waals surface area contributed by atoms with Crippen LogP contribution in [-0.2, 0) is 17.6 Å². The van der Waals surface area contributed by atoms with E-state index in [1.807, 2.05) is 25.1 Å². The molecule has 0 atom stereocenters. The van der Waals surface area contributed by atoms with Crippen molar-refractivity contribution in [3.8, 4) is 0 Å². The Labute approximate surface area is 166 Å². The third kappa shape index (κ3) is 3.51. The maximum absolute atomic E-state index is 12.2. The smallest absolute Gasteiger partial charge is 0.376 e. The second-order valence-corrected chi connectivity index (χ2v) is 8.09. The van der Waals surface area contributed by atoms with Crippen LogP contribution in [0, 0.1) is 6.92 Å². The number of carbonyl (C=O) groups excluding carboxylic acids is 1. The van der Waals surface area contributed by atoms with E-state index in [9.17, 15) is 4.79 Å². The van der Waals surface area contributed by atoms with E-state index < -0.39 is 5.97 Å². The number of rotatable bonds is 4. The first-order chi connectivity index (χ1) is 13.1. The fourth-order valence-electron chi connectivity index (χ4n) is 3.34. The van der Waals surface area contributed by atoms with Crippen LogP contribution in [-0.4, -0.2) is 22.5 Å². The van der Waals surface area contributed by atoms with E-state index in [4.69, 9.17) is 16.3 Å². The van der Waals surface area contributed by atoms with Gasteiger partial charge in [-0.2, -0.15) is 0 Å². The summed E-state index contributed by atoms with van der Waals surface area (Å²) in [4.78, 5) is 23.4. The Bertz CT molecular complexity index is 1030. The van der Waals surface area contributed by atoms with E-state index in [2.05, 4.69) is 15.3 Å². The van der Waals surface area contributed by atoms with Gasteiger partial charge in [0.1, 0.15) is 10.6 Å². The van der Waals surface area contributed by atoms with Crippen molar-refractivity contribution < 1.29 is 9.53 Å². The standard InChI is InChI=1S/C20H20ClN3O2S/c1-3-26-20(25)18-23-17(22-12-9-8-11(2)14(21)10-12)16-13-6-4-5-7-15(13)27-19(16)24-18/h8-10H,3-7H2,1-2H3,(H,22,23,24). The zero-order valence-corrected chi connectivity index (χ0v) is 16.8. The minimum absolute atomic E-state index is 0.0867. The van der Waals surface area contributed by atoms with Crippen LogP contribution in [0.15, 0.2) is 18.2 Å². The van der Waals surface area contributed by atoms with Gasteiger partial charge in [-0.25, -0.2) is 14.8 Å². The van der Waals surface area contributed by atoms with E-state index in [0.717, 1.165) is 40.7 Å².